The third-order valence-electron chi connectivity index (χ3n) is 6.54. The minimum atomic E-state index is -0.798. The van der Waals surface area contributed by atoms with Gasteiger partial charge in [-0.05, 0) is 55.4 Å². The van der Waals surface area contributed by atoms with E-state index < -0.39 is 11.6 Å². The summed E-state index contributed by atoms with van der Waals surface area (Å²) in [6, 6.07) is 20.3. The van der Waals surface area contributed by atoms with Gasteiger partial charge in [0.1, 0.15) is 0 Å². The van der Waals surface area contributed by atoms with Crippen LogP contribution in [0.25, 0.3) is 22.6 Å². The monoisotopic (exact) mass is 485 g/mol. The van der Waals surface area contributed by atoms with Gasteiger partial charge >= 0.3 is 0 Å². The summed E-state index contributed by atoms with van der Waals surface area (Å²) >= 11 is 0. The molecule has 0 bridgehead atoms. The number of hydrogen-bond acceptors (Lipinski definition) is 5. The number of pyridine rings is 1. The molecule has 184 valence electrons. The second-order valence-electron chi connectivity index (χ2n) is 9.14. The van der Waals surface area contributed by atoms with Crippen molar-refractivity contribution in [2.24, 2.45) is 0 Å². The molecule has 3 heterocycles. The molecule has 1 aliphatic rings. The van der Waals surface area contributed by atoms with Crippen LogP contribution in [0, 0.1) is 11.6 Å². The summed E-state index contributed by atoms with van der Waals surface area (Å²) < 4.78 is 26.8. The molecule has 0 saturated carbocycles. The van der Waals surface area contributed by atoms with Crippen molar-refractivity contribution in [1.29, 1.82) is 0 Å². The first-order chi connectivity index (χ1) is 17.6. The minimum Gasteiger partial charge on any atom is -0.302 e. The van der Waals surface area contributed by atoms with E-state index in [1.807, 2.05) is 30.3 Å². The van der Waals surface area contributed by atoms with Crippen LogP contribution >= 0.6 is 0 Å². The topological polar surface area (TPSA) is 45.2 Å². The van der Waals surface area contributed by atoms with Gasteiger partial charge in [-0.25, -0.2) is 18.7 Å². The normalized spacial score (nSPS) is 15.1. The summed E-state index contributed by atoms with van der Waals surface area (Å²) in [4.78, 5) is 18.6. The second-order valence-corrected chi connectivity index (χ2v) is 9.14. The highest BCUT2D eigenvalue weighted by Gasteiger charge is 2.17. The van der Waals surface area contributed by atoms with Crippen molar-refractivity contribution < 1.29 is 8.78 Å². The van der Waals surface area contributed by atoms with Crippen molar-refractivity contribution in [3.05, 3.63) is 102 Å². The van der Waals surface area contributed by atoms with E-state index in [4.69, 9.17) is 9.97 Å². The second kappa shape index (κ2) is 11.5. The maximum Gasteiger partial charge on any atom is 0.160 e. The number of hydrogen-bond donors (Lipinski definition) is 0. The Morgan fingerprint density at radius 3 is 2.31 bits per heavy atom. The fourth-order valence-electron chi connectivity index (χ4n) is 4.59. The minimum absolute atomic E-state index is 0.632. The van der Waals surface area contributed by atoms with Gasteiger partial charge in [0.15, 0.2) is 17.5 Å². The molecule has 1 saturated heterocycles. The molecule has 0 radical (unpaired) electrons. The zero-order chi connectivity index (χ0) is 24.7. The van der Waals surface area contributed by atoms with E-state index in [1.54, 1.807) is 18.5 Å². The maximum absolute atomic E-state index is 13.6. The van der Waals surface area contributed by atoms with E-state index in [0.717, 1.165) is 73.6 Å². The van der Waals surface area contributed by atoms with Gasteiger partial charge in [0.2, 0.25) is 0 Å². The Morgan fingerprint density at radius 2 is 1.50 bits per heavy atom. The lowest BCUT2D eigenvalue weighted by Gasteiger charge is -2.22. The fourth-order valence-corrected chi connectivity index (χ4v) is 4.59. The lowest BCUT2D eigenvalue weighted by atomic mass is 10.1. The summed E-state index contributed by atoms with van der Waals surface area (Å²) in [5, 5.41) is 0. The molecule has 0 aliphatic carbocycles. The fraction of sp³-hybridized carbons (Fsp3) is 0.276. The molecule has 5 rings (SSSR count). The molecule has 0 N–H and O–H groups in total. The van der Waals surface area contributed by atoms with Gasteiger partial charge < -0.3 is 4.90 Å². The number of benzene rings is 2. The first-order valence-corrected chi connectivity index (χ1v) is 12.4. The molecule has 7 heteroatoms. The van der Waals surface area contributed by atoms with Crippen molar-refractivity contribution in [2.75, 3.05) is 32.7 Å². The van der Waals surface area contributed by atoms with Gasteiger partial charge in [-0.1, -0.05) is 36.4 Å². The highest BCUT2D eigenvalue weighted by molar-refractivity contribution is 5.63. The Bertz CT molecular complexity index is 1230. The Kier molecular flexibility index (Phi) is 7.69. The van der Waals surface area contributed by atoms with Crippen LogP contribution in [0.1, 0.15) is 17.7 Å². The Labute approximate surface area is 210 Å². The van der Waals surface area contributed by atoms with Crippen LogP contribution in [0.15, 0.2) is 79.1 Å². The molecule has 1 fully saturated rings. The summed E-state index contributed by atoms with van der Waals surface area (Å²) in [6.45, 7) is 5.29. The third kappa shape index (κ3) is 6.17. The van der Waals surface area contributed by atoms with Crippen LogP contribution in [-0.4, -0.2) is 57.5 Å². The Morgan fingerprint density at radius 1 is 0.722 bits per heavy atom. The largest absolute Gasteiger partial charge is 0.302 e. The zero-order valence-electron chi connectivity index (χ0n) is 20.2. The summed E-state index contributed by atoms with van der Waals surface area (Å²) in [5.74, 6) is -0.870. The van der Waals surface area contributed by atoms with Gasteiger partial charge in [0.25, 0.3) is 0 Å². The molecule has 0 amide bonds. The quantitative estimate of drug-likeness (QED) is 0.359. The van der Waals surface area contributed by atoms with E-state index in [1.165, 1.54) is 12.1 Å². The molecule has 1 aliphatic heterocycles. The summed E-state index contributed by atoms with van der Waals surface area (Å²) in [5.41, 5.74) is 4.76. The average molecular weight is 486 g/mol. The highest BCUT2D eigenvalue weighted by Crippen LogP contribution is 2.22. The van der Waals surface area contributed by atoms with Crippen molar-refractivity contribution in [2.45, 2.75) is 19.4 Å². The van der Waals surface area contributed by atoms with E-state index in [0.29, 0.717) is 12.4 Å². The predicted octanol–water partition coefficient (Wildman–Crippen LogP) is 5.23. The molecule has 0 spiro atoms. The molecule has 36 heavy (non-hydrogen) atoms. The number of aromatic nitrogens is 3. The van der Waals surface area contributed by atoms with Crippen molar-refractivity contribution in [1.82, 2.24) is 24.8 Å². The average Bonchev–Trinajstić information content (AvgIpc) is 3.15. The van der Waals surface area contributed by atoms with E-state index in [2.05, 4.69) is 33.0 Å². The van der Waals surface area contributed by atoms with Crippen LogP contribution in [-0.2, 0) is 13.0 Å². The van der Waals surface area contributed by atoms with Gasteiger partial charge in [-0.3, -0.25) is 9.88 Å². The smallest absolute Gasteiger partial charge is 0.160 e. The molecule has 0 atom stereocenters. The lowest BCUT2D eigenvalue weighted by molar-refractivity contribution is 0.252. The number of nitrogens with zero attached hydrogens (tertiary/aromatic N) is 5. The first kappa shape index (κ1) is 24.2. The summed E-state index contributed by atoms with van der Waals surface area (Å²) in [7, 11) is 0. The van der Waals surface area contributed by atoms with E-state index in [-0.39, 0.29) is 0 Å². The lowest BCUT2D eigenvalue weighted by Crippen LogP contribution is -2.32. The Balaban J connectivity index is 1.26. The highest BCUT2D eigenvalue weighted by atomic mass is 19.2. The van der Waals surface area contributed by atoms with E-state index >= 15 is 0 Å². The zero-order valence-corrected chi connectivity index (χ0v) is 20.2. The van der Waals surface area contributed by atoms with Gasteiger partial charge in [-0.2, -0.15) is 0 Å². The van der Waals surface area contributed by atoms with Gasteiger partial charge in [-0.15, -0.1) is 0 Å². The van der Waals surface area contributed by atoms with Gasteiger partial charge in [0.05, 0.1) is 5.69 Å². The molecule has 5 nitrogen and oxygen atoms in total. The molecular formula is C29H29F2N5. The summed E-state index contributed by atoms with van der Waals surface area (Å²) in [6.07, 6.45) is 5.38. The van der Waals surface area contributed by atoms with Crippen LogP contribution in [0.4, 0.5) is 8.78 Å². The van der Waals surface area contributed by atoms with Crippen LogP contribution < -0.4 is 0 Å². The van der Waals surface area contributed by atoms with Crippen LogP contribution in [0.5, 0.6) is 0 Å². The van der Waals surface area contributed by atoms with Gasteiger partial charge in [0, 0.05) is 61.8 Å². The molecule has 2 aromatic heterocycles. The SMILES string of the molecule is Fc1ccc(CN2CCCN(CCc3cc(-c4ccccc4)nc(-c4ccncc4)n3)CC2)cc1F. The molecular weight excluding hydrogens is 456 g/mol. The number of rotatable bonds is 7. The predicted molar refractivity (Wildman–Crippen MR) is 137 cm³/mol. The maximum atomic E-state index is 13.6. The van der Waals surface area contributed by atoms with E-state index in [9.17, 15) is 8.78 Å². The molecule has 4 aromatic rings. The molecule has 0 unspecified atom stereocenters. The van der Waals surface area contributed by atoms with Crippen LogP contribution in [0.3, 0.4) is 0 Å². The van der Waals surface area contributed by atoms with Crippen molar-refractivity contribution in [3.8, 4) is 22.6 Å². The first-order valence-electron chi connectivity index (χ1n) is 12.4. The standard InChI is InChI=1S/C29H29F2N5/c30-26-8-7-22(19-27(26)31)21-36-15-4-14-35(17-18-36)16-11-25-20-28(23-5-2-1-3-6-23)34-29(33-25)24-9-12-32-13-10-24/h1-3,5-10,12-13,19-20H,4,11,14-18,21H2. The molecule has 2 aromatic carbocycles. The number of halogens is 2. The van der Waals surface area contributed by atoms with Crippen molar-refractivity contribution in [3.63, 3.8) is 0 Å². The Hall–Kier alpha value is -3.55. The van der Waals surface area contributed by atoms with Crippen molar-refractivity contribution >= 4 is 0 Å². The van der Waals surface area contributed by atoms with Crippen LogP contribution in [0.2, 0.25) is 0 Å². The third-order valence-corrected chi connectivity index (χ3v) is 6.54.